The SMILES string of the molecule is CCNC(c1ccc(Br)cc1)C(C)C1CC1. The molecule has 16 heavy (non-hydrogen) atoms. The van der Waals surface area contributed by atoms with Crippen LogP contribution in [0.25, 0.3) is 0 Å². The summed E-state index contributed by atoms with van der Waals surface area (Å²) in [6, 6.07) is 9.26. The molecule has 2 rings (SSSR count). The highest BCUT2D eigenvalue weighted by Crippen LogP contribution is 2.42. The van der Waals surface area contributed by atoms with E-state index in [1.807, 2.05) is 0 Å². The van der Waals surface area contributed by atoms with Crippen LogP contribution in [-0.2, 0) is 0 Å². The molecule has 1 saturated carbocycles. The molecule has 1 N–H and O–H groups in total. The van der Waals surface area contributed by atoms with Gasteiger partial charge in [-0.25, -0.2) is 0 Å². The maximum atomic E-state index is 3.62. The highest BCUT2D eigenvalue weighted by atomic mass is 79.9. The zero-order valence-electron chi connectivity index (χ0n) is 10.0. The summed E-state index contributed by atoms with van der Waals surface area (Å²) in [5.74, 6) is 1.69. The van der Waals surface area contributed by atoms with Crippen molar-refractivity contribution in [2.45, 2.75) is 32.7 Å². The summed E-state index contributed by atoms with van der Waals surface area (Å²) in [7, 11) is 0. The molecule has 1 aromatic carbocycles. The van der Waals surface area contributed by atoms with Crippen LogP contribution in [0.1, 0.15) is 38.3 Å². The molecule has 2 unspecified atom stereocenters. The van der Waals surface area contributed by atoms with Crippen molar-refractivity contribution in [3.05, 3.63) is 34.3 Å². The Labute approximate surface area is 107 Å². The van der Waals surface area contributed by atoms with Gasteiger partial charge in [0.1, 0.15) is 0 Å². The Morgan fingerprint density at radius 3 is 2.44 bits per heavy atom. The summed E-state index contributed by atoms with van der Waals surface area (Å²) in [6.45, 7) is 5.61. The van der Waals surface area contributed by atoms with E-state index in [4.69, 9.17) is 0 Å². The van der Waals surface area contributed by atoms with Crippen LogP contribution >= 0.6 is 15.9 Å². The maximum Gasteiger partial charge on any atom is 0.0348 e. The van der Waals surface area contributed by atoms with Gasteiger partial charge in [0.05, 0.1) is 0 Å². The van der Waals surface area contributed by atoms with Crippen LogP contribution in [0.2, 0.25) is 0 Å². The van der Waals surface area contributed by atoms with Crippen molar-refractivity contribution in [1.29, 1.82) is 0 Å². The van der Waals surface area contributed by atoms with Crippen molar-refractivity contribution in [1.82, 2.24) is 5.32 Å². The third kappa shape index (κ3) is 2.86. The molecule has 2 atom stereocenters. The lowest BCUT2D eigenvalue weighted by Crippen LogP contribution is -2.27. The smallest absolute Gasteiger partial charge is 0.0348 e. The monoisotopic (exact) mass is 281 g/mol. The standard InChI is InChI=1S/C14H20BrN/c1-3-16-14(10(2)11-4-5-11)12-6-8-13(15)9-7-12/h6-11,14,16H,3-5H2,1-2H3. The molecule has 0 amide bonds. The zero-order valence-corrected chi connectivity index (χ0v) is 11.6. The van der Waals surface area contributed by atoms with Crippen LogP contribution in [0, 0.1) is 11.8 Å². The number of hydrogen-bond donors (Lipinski definition) is 1. The molecule has 0 bridgehead atoms. The Kier molecular flexibility index (Phi) is 4.04. The Bertz CT molecular complexity index is 329. The fraction of sp³-hybridized carbons (Fsp3) is 0.571. The van der Waals surface area contributed by atoms with Gasteiger partial charge in [0, 0.05) is 10.5 Å². The van der Waals surface area contributed by atoms with E-state index in [2.05, 4.69) is 59.4 Å². The summed E-state index contributed by atoms with van der Waals surface area (Å²) in [5, 5.41) is 3.62. The lowest BCUT2D eigenvalue weighted by molar-refractivity contribution is 0.355. The molecule has 0 aromatic heterocycles. The highest BCUT2D eigenvalue weighted by molar-refractivity contribution is 9.10. The van der Waals surface area contributed by atoms with Crippen LogP contribution in [0.15, 0.2) is 28.7 Å². The molecule has 2 heteroatoms. The van der Waals surface area contributed by atoms with Crippen molar-refractivity contribution < 1.29 is 0 Å². The normalized spacial score (nSPS) is 19.4. The minimum absolute atomic E-state index is 0.519. The van der Waals surface area contributed by atoms with Crippen LogP contribution < -0.4 is 5.32 Å². The van der Waals surface area contributed by atoms with Crippen LogP contribution in [0.3, 0.4) is 0 Å². The van der Waals surface area contributed by atoms with Gasteiger partial charge in [0.25, 0.3) is 0 Å². The topological polar surface area (TPSA) is 12.0 Å². The fourth-order valence-corrected chi connectivity index (χ4v) is 2.66. The van der Waals surface area contributed by atoms with Gasteiger partial charge in [-0.2, -0.15) is 0 Å². The van der Waals surface area contributed by atoms with Crippen molar-refractivity contribution >= 4 is 15.9 Å². The van der Waals surface area contributed by atoms with Gasteiger partial charge in [0.15, 0.2) is 0 Å². The van der Waals surface area contributed by atoms with Gasteiger partial charge in [-0.05, 0) is 48.9 Å². The van der Waals surface area contributed by atoms with Crippen molar-refractivity contribution in [2.24, 2.45) is 11.8 Å². The number of rotatable bonds is 5. The third-order valence-corrected chi connectivity index (χ3v) is 4.07. The summed E-state index contributed by atoms with van der Waals surface area (Å²) in [4.78, 5) is 0. The van der Waals surface area contributed by atoms with Crippen LogP contribution in [0.5, 0.6) is 0 Å². The Morgan fingerprint density at radius 1 is 1.31 bits per heavy atom. The van der Waals surface area contributed by atoms with Crippen LogP contribution in [-0.4, -0.2) is 6.54 Å². The minimum atomic E-state index is 0.519. The number of nitrogens with one attached hydrogen (secondary N) is 1. The predicted octanol–water partition coefficient (Wildman–Crippen LogP) is 4.15. The molecular formula is C14H20BrN. The van der Waals surface area contributed by atoms with Crippen LogP contribution in [0.4, 0.5) is 0 Å². The summed E-state index contributed by atoms with van der Waals surface area (Å²) < 4.78 is 1.16. The van der Waals surface area contributed by atoms with Gasteiger partial charge in [-0.15, -0.1) is 0 Å². The van der Waals surface area contributed by atoms with Gasteiger partial charge in [-0.1, -0.05) is 41.9 Å². The average molecular weight is 282 g/mol. The molecule has 0 heterocycles. The Balaban J connectivity index is 2.13. The summed E-state index contributed by atoms with van der Waals surface area (Å²) in [5.41, 5.74) is 1.42. The molecule has 0 spiro atoms. The molecule has 0 radical (unpaired) electrons. The molecule has 0 aliphatic heterocycles. The van der Waals surface area contributed by atoms with E-state index in [1.165, 1.54) is 18.4 Å². The maximum absolute atomic E-state index is 3.62. The minimum Gasteiger partial charge on any atom is -0.310 e. The molecule has 0 saturated heterocycles. The molecule has 1 fully saturated rings. The first kappa shape index (κ1) is 12.1. The second kappa shape index (κ2) is 5.33. The number of halogens is 1. The third-order valence-electron chi connectivity index (χ3n) is 3.54. The van der Waals surface area contributed by atoms with Gasteiger partial charge >= 0.3 is 0 Å². The first-order valence-corrected chi connectivity index (χ1v) is 7.00. The summed E-state index contributed by atoms with van der Waals surface area (Å²) in [6.07, 6.45) is 2.83. The van der Waals surface area contributed by atoms with Crippen molar-refractivity contribution in [3.63, 3.8) is 0 Å². The molecule has 1 nitrogen and oxygen atoms in total. The average Bonchev–Trinajstić information content (AvgIpc) is 3.10. The largest absolute Gasteiger partial charge is 0.310 e. The molecule has 88 valence electrons. The first-order valence-electron chi connectivity index (χ1n) is 6.21. The molecule has 1 aliphatic rings. The van der Waals surface area contributed by atoms with E-state index in [1.54, 1.807) is 0 Å². The van der Waals surface area contributed by atoms with Crippen molar-refractivity contribution in [2.75, 3.05) is 6.54 Å². The molecule has 1 aromatic rings. The summed E-state index contributed by atoms with van der Waals surface area (Å²) >= 11 is 3.49. The second-order valence-corrected chi connectivity index (χ2v) is 5.70. The Morgan fingerprint density at radius 2 is 1.94 bits per heavy atom. The highest BCUT2D eigenvalue weighted by Gasteiger charge is 2.33. The lowest BCUT2D eigenvalue weighted by atomic mass is 9.90. The second-order valence-electron chi connectivity index (χ2n) is 4.78. The van der Waals surface area contributed by atoms with Gasteiger partial charge in [0.2, 0.25) is 0 Å². The zero-order chi connectivity index (χ0) is 11.5. The van der Waals surface area contributed by atoms with Gasteiger partial charge < -0.3 is 5.32 Å². The molecular weight excluding hydrogens is 262 g/mol. The van der Waals surface area contributed by atoms with E-state index >= 15 is 0 Å². The van der Waals surface area contributed by atoms with E-state index in [0.717, 1.165) is 22.9 Å². The number of benzene rings is 1. The van der Waals surface area contributed by atoms with E-state index < -0.39 is 0 Å². The van der Waals surface area contributed by atoms with Gasteiger partial charge in [-0.3, -0.25) is 0 Å². The van der Waals surface area contributed by atoms with E-state index in [-0.39, 0.29) is 0 Å². The molecule has 1 aliphatic carbocycles. The van der Waals surface area contributed by atoms with E-state index in [0.29, 0.717) is 6.04 Å². The number of hydrogen-bond acceptors (Lipinski definition) is 1. The predicted molar refractivity (Wildman–Crippen MR) is 72.4 cm³/mol. The fourth-order valence-electron chi connectivity index (χ4n) is 2.39. The lowest BCUT2D eigenvalue weighted by Gasteiger charge is -2.25. The first-order chi connectivity index (χ1) is 7.72. The van der Waals surface area contributed by atoms with Crippen molar-refractivity contribution in [3.8, 4) is 0 Å². The quantitative estimate of drug-likeness (QED) is 0.855. The van der Waals surface area contributed by atoms with E-state index in [9.17, 15) is 0 Å². The Hall–Kier alpha value is -0.340.